The Bertz CT molecular complexity index is 577. The van der Waals surface area contributed by atoms with Gasteiger partial charge in [0.1, 0.15) is 11.5 Å². The number of hydrogen-bond acceptors (Lipinski definition) is 3. The van der Waals surface area contributed by atoms with Crippen molar-refractivity contribution in [2.45, 2.75) is 20.8 Å². The molecule has 124 valence electrons. The van der Waals surface area contributed by atoms with Crippen molar-refractivity contribution in [3.63, 3.8) is 0 Å². The summed E-state index contributed by atoms with van der Waals surface area (Å²) < 4.78 is 78.5. The molecule has 0 saturated heterocycles. The molecule has 0 fully saturated rings. The molecule has 0 aliphatic carbocycles. The molecule has 2 aromatic carbocycles. The first kappa shape index (κ1) is 17.9. The van der Waals surface area contributed by atoms with Crippen molar-refractivity contribution in [1.29, 1.82) is 0 Å². The summed E-state index contributed by atoms with van der Waals surface area (Å²) in [6, 6.07) is 10.4. The van der Waals surface area contributed by atoms with Crippen LogP contribution in [0.2, 0.25) is 0 Å². The molecule has 2 aromatic rings. The lowest BCUT2D eigenvalue weighted by molar-refractivity contribution is -0.0337. The molecule has 0 atom stereocenters. The van der Waals surface area contributed by atoms with Crippen molar-refractivity contribution in [3.05, 3.63) is 48.5 Å². The van der Waals surface area contributed by atoms with E-state index in [1.807, 2.05) is 0 Å². The molecular weight excluding hydrogens is 362 g/mol. The maximum atomic E-state index is 12.2. The van der Waals surface area contributed by atoms with Crippen LogP contribution >= 0.6 is 23.5 Å². The van der Waals surface area contributed by atoms with Gasteiger partial charge in [0.05, 0.1) is 0 Å². The number of benzene rings is 2. The summed E-state index contributed by atoms with van der Waals surface area (Å²) in [7, 11) is 0. The van der Waals surface area contributed by atoms with Crippen LogP contribution in [0, 0.1) is 0 Å². The minimum Gasteiger partial charge on any atom is -0.457 e. The molecule has 0 heterocycles. The number of thioether (sulfide) groups is 2. The normalized spacial score (nSPS) is 12.3. The van der Waals surface area contributed by atoms with Gasteiger partial charge in [-0.05, 0) is 72.1 Å². The Hall–Kier alpha value is -1.48. The van der Waals surface area contributed by atoms with Gasteiger partial charge in [-0.2, -0.15) is 26.3 Å². The lowest BCUT2D eigenvalue weighted by Crippen LogP contribution is -1.99. The molecule has 1 nitrogen and oxygen atoms in total. The van der Waals surface area contributed by atoms with Crippen LogP contribution in [0.25, 0.3) is 0 Å². The number of alkyl halides is 6. The molecule has 0 unspecified atom stereocenters. The van der Waals surface area contributed by atoms with E-state index in [1.54, 1.807) is 0 Å². The van der Waals surface area contributed by atoms with E-state index in [9.17, 15) is 26.3 Å². The Morgan fingerprint density at radius 3 is 1.13 bits per heavy atom. The fourth-order valence-electron chi connectivity index (χ4n) is 1.55. The maximum absolute atomic E-state index is 12.2. The van der Waals surface area contributed by atoms with Crippen LogP contribution in [0.3, 0.4) is 0 Å². The zero-order chi connectivity index (χ0) is 17.1. The van der Waals surface area contributed by atoms with E-state index in [-0.39, 0.29) is 44.8 Å². The summed E-state index contributed by atoms with van der Waals surface area (Å²) in [4.78, 5) is 0.0311. The Kier molecular flexibility index (Phi) is 5.41. The maximum Gasteiger partial charge on any atom is 0.446 e. The highest BCUT2D eigenvalue weighted by atomic mass is 32.2. The van der Waals surface area contributed by atoms with Crippen LogP contribution in [0.4, 0.5) is 26.3 Å². The van der Waals surface area contributed by atoms with Crippen LogP contribution < -0.4 is 4.74 Å². The van der Waals surface area contributed by atoms with Crippen LogP contribution in [-0.2, 0) is 0 Å². The molecule has 0 saturated carbocycles. The second-order valence-electron chi connectivity index (χ2n) is 4.14. The Labute approximate surface area is 136 Å². The van der Waals surface area contributed by atoms with Gasteiger partial charge in [0.2, 0.25) is 0 Å². The van der Waals surface area contributed by atoms with Crippen molar-refractivity contribution in [1.82, 2.24) is 0 Å². The first-order valence-electron chi connectivity index (χ1n) is 6.00. The van der Waals surface area contributed by atoms with Crippen molar-refractivity contribution in [2.75, 3.05) is 0 Å². The van der Waals surface area contributed by atoms with Gasteiger partial charge in [-0.15, -0.1) is 0 Å². The summed E-state index contributed by atoms with van der Waals surface area (Å²) in [5.74, 6) is 0.570. The van der Waals surface area contributed by atoms with E-state index in [0.29, 0.717) is 0 Å². The first-order chi connectivity index (χ1) is 10.6. The van der Waals surface area contributed by atoms with Gasteiger partial charge < -0.3 is 4.74 Å². The monoisotopic (exact) mass is 370 g/mol. The van der Waals surface area contributed by atoms with Gasteiger partial charge in [-0.25, -0.2) is 0 Å². The summed E-state index contributed by atoms with van der Waals surface area (Å²) in [6.45, 7) is 0. The molecule has 0 N–H and O–H groups in total. The average Bonchev–Trinajstić information content (AvgIpc) is 2.40. The summed E-state index contributed by atoms with van der Waals surface area (Å²) in [5, 5.41) is 0. The van der Waals surface area contributed by atoms with Gasteiger partial charge in [0, 0.05) is 9.79 Å². The second-order valence-corrected chi connectivity index (χ2v) is 6.42. The Morgan fingerprint density at radius 1 is 0.565 bits per heavy atom. The van der Waals surface area contributed by atoms with Gasteiger partial charge in [0.25, 0.3) is 0 Å². The van der Waals surface area contributed by atoms with Crippen molar-refractivity contribution in [3.8, 4) is 11.5 Å². The molecular formula is C14H8F6OS2. The van der Waals surface area contributed by atoms with Gasteiger partial charge in [-0.1, -0.05) is 0 Å². The summed E-state index contributed by atoms with van der Waals surface area (Å²) in [6.07, 6.45) is 0. The second kappa shape index (κ2) is 6.96. The van der Waals surface area contributed by atoms with Crippen molar-refractivity contribution < 1.29 is 31.1 Å². The lowest BCUT2D eigenvalue weighted by atomic mass is 10.3. The number of hydrogen-bond donors (Lipinski definition) is 0. The highest BCUT2D eigenvalue weighted by Gasteiger charge is 2.29. The van der Waals surface area contributed by atoms with Crippen molar-refractivity contribution in [2.24, 2.45) is 0 Å². The third kappa shape index (κ3) is 6.66. The largest absolute Gasteiger partial charge is 0.457 e. The third-order valence-electron chi connectivity index (χ3n) is 2.35. The van der Waals surface area contributed by atoms with Gasteiger partial charge in [0.15, 0.2) is 0 Å². The molecule has 0 aromatic heterocycles. The Balaban J connectivity index is 1.99. The molecule has 0 bridgehead atoms. The predicted octanol–water partition coefficient (Wildman–Crippen LogP) is 6.70. The zero-order valence-corrected chi connectivity index (χ0v) is 12.7. The van der Waals surface area contributed by atoms with E-state index in [1.165, 1.54) is 48.5 Å². The standard InChI is InChI=1S/C14H8F6OS2/c15-13(16,17)22-11-5-1-9(2-6-11)21-10-3-7-12(8-4-10)23-14(18,19)20/h1-8H. The zero-order valence-electron chi connectivity index (χ0n) is 11.1. The quantitative estimate of drug-likeness (QED) is 0.438. The molecule has 2 rings (SSSR count). The van der Waals surface area contributed by atoms with Gasteiger partial charge in [-0.3, -0.25) is 0 Å². The topological polar surface area (TPSA) is 9.23 Å². The van der Waals surface area contributed by atoms with Crippen LogP contribution in [-0.4, -0.2) is 11.0 Å². The number of halogens is 6. The SMILES string of the molecule is FC(F)(F)Sc1ccc(Oc2ccc(SC(F)(F)F)cc2)cc1. The van der Waals surface area contributed by atoms with Gasteiger partial charge >= 0.3 is 11.0 Å². The van der Waals surface area contributed by atoms with Crippen LogP contribution in [0.1, 0.15) is 0 Å². The molecule has 0 aliphatic heterocycles. The number of ether oxygens (including phenoxy) is 1. The molecule has 0 amide bonds. The highest BCUT2D eigenvalue weighted by Crippen LogP contribution is 2.39. The van der Waals surface area contributed by atoms with E-state index in [0.717, 1.165) is 0 Å². The minimum absolute atomic E-state index is 0.0155. The summed E-state index contributed by atoms with van der Waals surface area (Å²) >= 11 is -0.484. The van der Waals surface area contributed by atoms with Crippen molar-refractivity contribution >= 4 is 23.5 Å². The van der Waals surface area contributed by atoms with Crippen LogP contribution in [0.5, 0.6) is 11.5 Å². The first-order valence-corrected chi connectivity index (χ1v) is 7.63. The number of rotatable bonds is 4. The molecule has 0 aliphatic rings. The molecule has 9 heteroatoms. The average molecular weight is 370 g/mol. The molecule has 23 heavy (non-hydrogen) atoms. The van der Waals surface area contributed by atoms with E-state index in [2.05, 4.69) is 0 Å². The third-order valence-corrected chi connectivity index (χ3v) is 3.83. The molecule has 0 radical (unpaired) electrons. The highest BCUT2D eigenvalue weighted by molar-refractivity contribution is 8.00. The van der Waals surface area contributed by atoms with E-state index in [4.69, 9.17) is 4.74 Å². The fourth-order valence-corrected chi connectivity index (χ4v) is 2.63. The summed E-state index contributed by atoms with van der Waals surface area (Å²) in [5.41, 5.74) is -8.73. The van der Waals surface area contributed by atoms with E-state index < -0.39 is 11.0 Å². The molecule has 0 spiro atoms. The predicted molar refractivity (Wildman–Crippen MR) is 76.8 cm³/mol. The van der Waals surface area contributed by atoms with E-state index >= 15 is 0 Å². The fraction of sp³-hybridized carbons (Fsp3) is 0.143. The Morgan fingerprint density at radius 2 is 0.870 bits per heavy atom. The smallest absolute Gasteiger partial charge is 0.446 e. The minimum atomic E-state index is -4.37. The lowest BCUT2D eigenvalue weighted by Gasteiger charge is -2.09. The van der Waals surface area contributed by atoms with Crippen LogP contribution in [0.15, 0.2) is 58.3 Å².